The predicted molar refractivity (Wildman–Crippen MR) is 101 cm³/mol. The number of nitrogens with one attached hydrogen (secondary N) is 1. The minimum atomic E-state index is -1.25. The summed E-state index contributed by atoms with van der Waals surface area (Å²) in [6.07, 6.45) is -1.25. The molecule has 0 fully saturated rings. The Morgan fingerprint density at radius 1 is 1.14 bits per heavy atom. The van der Waals surface area contributed by atoms with E-state index in [0.717, 1.165) is 18.2 Å². The van der Waals surface area contributed by atoms with E-state index in [-0.39, 0.29) is 11.3 Å². The van der Waals surface area contributed by atoms with Crippen molar-refractivity contribution >= 4 is 40.1 Å². The molecule has 0 aliphatic rings. The number of ether oxygens (including phenoxy) is 1. The smallest absolute Gasteiger partial charge is 0.340 e. The Labute approximate surface area is 164 Å². The second kappa shape index (κ2) is 7.90. The molecule has 8 heteroatoms. The van der Waals surface area contributed by atoms with Crippen molar-refractivity contribution in [2.45, 2.75) is 20.0 Å². The Hall–Kier alpha value is -3.06. The summed E-state index contributed by atoms with van der Waals surface area (Å²) in [6, 6.07) is 9.29. The summed E-state index contributed by atoms with van der Waals surface area (Å²) >= 11 is 5.96. The number of benzene rings is 2. The van der Waals surface area contributed by atoms with Gasteiger partial charge in [-0.25, -0.2) is 13.6 Å². The number of anilines is 1. The number of carbonyl (C=O) groups excluding carboxylic acids is 2. The average Bonchev–Trinajstić information content (AvgIpc) is 2.64. The van der Waals surface area contributed by atoms with Crippen molar-refractivity contribution in [3.8, 4) is 0 Å². The Morgan fingerprint density at radius 2 is 1.89 bits per heavy atom. The molecule has 0 radical (unpaired) electrons. The van der Waals surface area contributed by atoms with Gasteiger partial charge in [-0.05, 0) is 50.2 Å². The van der Waals surface area contributed by atoms with Gasteiger partial charge in [0.25, 0.3) is 5.91 Å². The van der Waals surface area contributed by atoms with E-state index < -0.39 is 29.6 Å². The topological polar surface area (TPSA) is 68.3 Å². The predicted octanol–water partition coefficient (Wildman–Crippen LogP) is 4.66. The van der Waals surface area contributed by atoms with E-state index in [2.05, 4.69) is 10.3 Å². The molecule has 3 aromatic rings. The number of esters is 1. The highest BCUT2D eigenvalue weighted by atomic mass is 35.5. The largest absolute Gasteiger partial charge is 0.449 e. The molecule has 28 heavy (non-hydrogen) atoms. The number of hydrogen-bond acceptors (Lipinski definition) is 4. The highest BCUT2D eigenvalue weighted by Crippen LogP contribution is 2.22. The number of aromatic nitrogens is 1. The van der Waals surface area contributed by atoms with Gasteiger partial charge in [0, 0.05) is 16.5 Å². The fourth-order valence-electron chi connectivity index (χ4n) is 2.56. The van der Waals surface area contributed by atoms with Crippen LogP contribution in [-0.4, -0.2) is 23.0 Å². The van der Waals surface area contributed by atoms with E-state index in [0.29, 0.717) is 21.6 Å². The summed E-state index contributed by atoms with van der Waals surface area (Å²) in [5.74, 6) is -3.08. The van der Waals surface area contributed by atoms with E-state index >= 15 is 0 Å². The number of fused-ring (bicyclic) bond motifs is 1. The van der Waals surface area contributed by atoms with Crippen LogP contribution in [0.4, 0.5) is 14.5 Å². The van der Waals surface area contributed by atoms with Crippen LogP contribution in [0.5, 0.6) is 0 Å². The van der Waals surface area contributed by atoms with Crippen molar-refractivity contribution < 1.29 is 23.1 Å². The van der Waals surface area contributed by atoms with Crippen LogP contribution in [-0.2, 0) is 9.53 Å². The maximum absolute atomic E-state index is 13.6. The summed E-state index contributed by atoms with van der Waals surface area (Å²) in [4.78, 5) is 29.0. The molecule has 0 saturated carbocycles. The van der Waals surface area contributed by atoms with Gasteiger partial charge in [-0.3, -0.25) is 9.78 Å². The van der Waals surface area contributed by atoms with Crippen molar-refractivity contribution in [1.82, 2.24) is 4.98 Å². The maximum atomic E-state index is 13.6. The highest BCUT2D eigenvalue weighted by Gasteiger charge is 2.22. The van der Waals surface area contributed by atoms with Crippen LogP contribution < -0.4 is 5.32 Å². The zero-order valence-electron chi connectivity index (χ0n) is 14.9. The number of nitrogens with zero attached hydrogens (tertiary/aromatic N) is 1. The van der Waals surface area contributed by atoms with Crippen LogP contribution >= 0.6 is 11.6 Å². The number of carbonyl (C=O) groups is 2. The SMILES string of the molecule is Cc1nc2ccc(Cl)cc2cc1C(=O)O[C@@H](C)C(=O)Nc1cc(F)ccc1F. The van der Waals surface area contributed by atoms with Crippen LogP contribution in [0.25, 0.3) is 10.9 Å². The molecule has 0 unspecified atom stereocenters. The van der Waals surface area contributed by atoms with E-state index in [1.165, 1.54) is 6.92 Å². The molecule has 1 amide bonds. The Morgan fingerprint density at radius 3 is 2.64 bits per heavy atom. The second-order valence-electron chi connectivity index (χ2n) is 6.12. The molecule has 0 saturated heterocycles. The summed E-state index contributed by atoms with van der Waals surface area (Å²) < 4.78 is 32.0. The van der Waals surface area contributed by atoms with E-state index in [4.69, 9.17) is 16.3 Å². The minimum absolute atomic E-state index is 0.173. The van der Waals surface area contributed by atoms with Crippen molar-refractivity contribution in [3.05, 3.63) is 70.4 Å². The van der Waals surface area contributed by atoms with Crippen LogP contribution in [0.1, 0.15) is 23.0 Å². The molecule has 1 N–H and O–H groups in total. The van der Waals surface area contributed by atoms with Gasteiger partial charge in [0.15, 0.2) is 6.10 Å². The third-order valence-corrected chi connectivity index (χ3v) is 4.26. The number of hydrogen-bond donors (Lipinski definition) is 1. The summed E-state index contributed by atoms with van der Waals surface area (Å²) in [5, 5.41) is 3.33. The summed E-state index contributed by atoms with van der Waals surface area (Å²) in [7, 11) is 0. The number of amides is 1. The zero-order chi connectivity index (χ0) is 20.4. The molecule has 0 aliphatic heterocycles. The standard InChI is InChI=1S/C20H15ClF2N2O3/c1-10-15(8-12-7-13(21)3-6-17(12)24-10)20(27)28-11(2)19(26)25-18-9-14(22)4-5-16(18)23/h3-9,11H,1-2H3,(H,25,26)/t11-/m0/s1. The Balaban J connectivity index is 1.76. The van der Waals surface area contributed by atoms with Gasteiger partial charge in [-0.2, -0.15) is 0 Å². The van der Waals surface area contributed by atoms with Crippen LogP contribution in [0.3, 0.4) is 0 Å². The maximum Gasteiger partial charge on any atom is 0.340 e. The molecule has 5 nitrogen and oxygen atoms in total. The van der Waals surface area contributed by atoms with Gasteiger partial charge in [0.2, 0.25) is 0 Å². The first-order valence-electron chi connectivity index (χ1n) is 8.28. The Bertz CT molecular complexity index is 1090. The van der Waals surface area contributed by atoms with Crippen molar-refractivity contribution in [2.24, 2.45) is 0 Å². The third-order valence-electron chi connectivity index (χ3n) is 4.03. The lowest BCUT2D eigenvalue weighted by Crippen LogP contribution is -2.30. The van der Waals surface area contributed by atoms with E-state index in [9.17, 15) is 18.4 Å². The molecule has 144 valence electrons. The molecule has 1 atom stereocenters. The monoisotopic (exact) mass is 404 g/mol. The normalized spacial score (nSPS) is 11.9. The number of rotatable bonds is 4. The van der Waals surface area contributed by atoms with Crippen molar-refractivity contribution in [2.75, 3.05) is 5.32 Å². The van der Waals surface area contributed by atoms with Gasteiger partial charge in [-0.15, -0.1) is 0 Å². The van der Waals surface area contributed by atoms with Crippen LogP contribution in [0, 0.1) is 18.6 Å². The summed E-state index contributed by atoms with van der Waals surface area (Å²) in [6.45, 7) is 2.96. The van der Waals surface area contributed by atoms with Crippen molar-refractivity contribution in [1.29, 1.82) is 0 Å². The van der Waals surface area contributed by atoms with Gasteiger partial charge in [0.1, 0.15) is 11.6 Å². The molecule has 1 heterocycles. The molecular formula is C20H15ClF2N2O3. The van der Waals surface area contributed by atoms with Gasteiger partial charge in [-0.1, -0.05) is 11.6 Å². The average molecular weight is 405 g/mol. The molecule has 2 aromatic carbocycles. The molecule has 1 aromatic heterocycles. The first-order chi connectivity index (χ1) is 13.2. The van der Waals surface area contributed by atoms with Gasteiger partial charge < -0.3 is 10.1 Å². The quantitative estimate of drug-likeness (QED) is 0.642. The second-order valence-corrected chi connectivity index (χ2v) is 6.56. The van der Waals surface area contributed by atoms with Crippen molar-refractivity contribution in [3.63, 3.8) is 0 Å². The fourth-order valence-corrected chi connectivity index (χ4v) is 2.74. The molecule has 0 spiro atoms. The molecule has 3 rings (SSSR count). The zero-order valence-corrected chi connectivity index (χ0v) is 15.7. The first kappa shape index (κ1) is 19.7. The molecule has 0 bridgehead atoms. The third kappa shape index (κ3) is 4.26. The number of aryl methyl sites for hydroxylation is 1. The van der Waals surface area contributed by atoms with E-state index in [1.54, 1.807) is 31.2 Å². The van der Waals surface area contributed by atoms with E-state index in [1.807, 2.05) is 0 Å². The van der Waals surface area contributed by atoms with Gasteiger partial charge >= 0.3 is 5.97 Å². The van der Waals surface area contributed by atoms with Crippen LogP contribution in [0.2, 0.25) is 5.02 Å². The molecule has 0 aliphatic carbocycles. The Kier molecular flexibility index (Phi) is 5.56. The minimum Gasteiger partial charge on any atom is -0.449 e. The number of pyridine rings is 1. The lowest BCUT2D eigenvalue weighted by Gasteiger charge is -2.15. The molecular weight excluding hydrogens is 390 g/mol. The lowest BCUT2D eigenvalue weighted by molar-refractivity contribution is -0.123. The highest BCUT2D eigenvalue weighted by molar-refractivity contribution is 6.31. The number of halogens is 3. The van der Waals surface area contributed by atoms with Gasteiger partial charge in [0.05, 0.1) is 22.5 Å². The fraction of sp³-hybridized carbons (Fsp3) is 0.150. The lowest BCUT2D eigenvalue weighted by atomic mass is 10.1. The first-order valence-corrected chi connectivity index (χ1v) is 8.66. The van der Waals surface area contributed by atoms with Crippen LogP contribution in [0.15, 0.2) is 42.5 Å². The summed E-state index contributed by atoms with van der Waals surface area (Å²) in [5.41, 5.74) is 0.909.